The van der Waals surface area contributed by atoms with Crippen LogP contribution in [-0.2, 0) is 22.1 Å². The third kappa shape index (κ3) is 4.76. The quantitative estimate of drug-likeness (QED) is 0.824. The van der Waals surface area contributed by atoms with Gasteiger partial charge in [-0.3, -0.25) is 9.00 Å². The molecule has 0 spiro atoms. The van der Waals surface area contributed by atoms with Crippen molar-refractivity contribution in [2.24, 2.45) is 0 Å². The van der Waals surface area contributed by atoms with Crippen molar-refractivity contribution in [2.75, 3.05) is 12.4 Å². The molecule has 0 heterocycles. The van der Waals surface area contributed by atoms with E-state index in [0.29, 0.717) is 11.6 Å². The van der Waals surface area contributed by atoms with Crippen molar-refractivity contribution in [1.82, 2.24) is 5.32 Å². The van der Waals surface area contributed by atoms with Gasteiger partial charge in [-0.25, -0.2) is 0 Å². The molecule has 2 N–H and O–H groups in total. The Hall–Kier alpha value is -0.910. The average molecular weight is 290 g/mol. The molecule has 2 atom stereocenters. The zero-order valence-electron chi connectivity index (χ0n) is 10.1. The van der Waals surface area contributed by atoms with Crippen LogP contribution in [-0.4, -0.2) is 32.8 Å². The molecule has 0 aliphatic carbocycles. The van der Waals surface area contributed by atoms with Gasteiger partial charge in [0.05, 0.1) is 6.61 Å². The van der Waals surface area contributed by atoms with E-state index in [1.807, 2.05) is 12.1 Å². The Bertz CT molecular complexity index is 422. The zero-order chi connectivity index (χ0) is 13.5. The Morgan fingerprint density at radius 1 is 1.44 bits per heavy atom. The average Bonchev–Trinajstić information content (AvgIpc) is 2.37. The van der Waals surface area contributed by atoms with Crippen molar-refractivity contribution < 1.29 is 14.1 Å². The van der Waals surface area contributed by atoms with Crippen LogP contribution in [0.25, 0.3) is 0 Å². The van der Waals surface area contributed by atoms with Gasteiger partial charge in [-0.2, -0.15) is 0 Å². The summed E-state index contributed by atoms with van der Waals surface area (Å²) >= 11 is 5.75. The Kier molecular flexibility index (Phi) is 6.32. The lowest BCUT2D eigenvalue weighted by atomic mass is 10.2. The van der Waals surface area contributed by atoms with Gasteiger partial charge in [0.2, 0.25) is 5.91 Å². The van der Waals surface area contributed by atoms with E-state index in [9.17, 15) is 9.00 Å². The lowest BCUT2D eigenvalue weighted by molar-refractivity contribution is -0.120. The first-order valence-corrected chi connectivity index (χ1v) is 7.30. The molecule has 2 unspecified atom stereocenters. The minimum absolute atomic E-state index is 0.121. The first-order chi connectivity index (χ1) is 8.54. The van der Waals surface area contributed by atoms with E-state index in [-0.39, 0.29) is 18.3 Å². The van der Waals surface area contributed by atoms with Crippen LogP contribution in [0.4, 0.5) is 0 Å². The molecule has 100 valence electrons. The van der Waals surface area contributed by atoms with Gasteiger partial charge in [-0.05, 0) is 24.6 Å². The number of hydrogen-bond acceptors (Lipinski definition) is 3. The van der Waals surface area contributed by atoms with Gasteiger partial charge in [0.25, 0.3) is 0 Å². The molecule has 4 nitrogen and oxygen atoms in total. The van der Waals surface area contributed by atoms with Crippen LogP contribution in [0.1, 0.15) is 12.5 Å². The topological polar surface area (TPSA) is 66.4 Å². The van der Waals surface area contributed by atoms with Gasteiger partial charge in [0, 0.05) is 28.1 Å². The SMILES string of the molecule is CC(C(=O)NCc1ccc(Cl)cc1)S(=O)CCO. The van der Waals surface area contributed by atoms with Crippen LogP contribution in [0.3, 0.4) is 0 Å². The van der Waals surface area contributed by atoms with Crippen molar-refractivity contribution in [1.29, 1.82) is 0 Å². The monoisotopic (exact) mass is 289 g/mol. The molecule has 18 heavy (non-hydrogen) atoms. The van der Waals surface area contributed by atoms with Crippen LogP contribution in [0, 0.1) is 0 Å². The fourth-order valence-electron chi connectivity index (χ4n) is 1.32. The Labute approximate surface area is 114 Å². The smallest absolute Gasteiger partial charge is 0.235 e. The second-order valence-electron chi connectivity index (χ2n) is 3.79. The molecule has 0 aliphatic heterocycles. The second kappa shape index (κ2) is 7.51. The number of carbonyl (C=O) groups excluding carboxylic acids is 1. The molecule has 1 aromatic rings. The number of halogens is 1. The fraction of sp³-hybridized carbons (Fsp3) is 0.417. The Balaban J connectivity index is 2.45. The van der Waals surface area contributed by atoms with Crippen molar-refractivity contribution in [2.45, 2.75) is 18.7 Å². The van der Waals surface area contributed by atoms with Crippen LogP contribution in [0.5, 0.6) is 0 Å². The van der Waals surface area contributed by atoms with Gasteiger partial charge in [-0.1, -0.05) is 23.7 Å². The van der Waals surface area contributed by atoms with Crippen LogP contribution >= 0.6 is 11.6 Å². The van der Waals surface area contributed by atoms with Gasteiger partial charge >= 0.3 is 0 Å². The fourth-order valence-corrected chi connectivity index (χ4v) is 2.30. The van der Waals surface area contributed by atoms with Crippen molar-refractivity contribution >= 4 is 28.3 Å². The molecule has 1 amide bonds. The summed E-state index contributed by atoms with van der Waals surface area (Å²) in [5, 5.41) is 11.4. The molecule has 0 saturated carbocycles. The van der Waals surface area contributed by atoms with E-state index in [0.717, 1.165) is 5.56 Å². The van der Waals surface area contributed by atoms with E-state index in [2.05, 4.69) is 5.32 Å². The summed E-state index contributed by atoms with van der Waals surface area (Å²) in [6, 6.07) is 7.13. The summed E-state index contributed by atoms with van der Waals surface area (Å²) in [4.78, 5) is 11.7. The molecule has 6 heteroatoms. The number of aliphatic hydroxyl groups excluding tert-OH is 1. The van der Waals surface area contributed by atoms with Crippen molar-refractivity contribution in [3.8, 4) is 0 Å². The van der Waals surface area contributed by atoms with Gasteiger partial charge in [-0.15, -0.1) is 0 Å². The molecule has 0 aromatic heterocycles. The van der Waals surface area contributed by atoms with Crippen LogP contribution < -0.4 is 5.32 Å². The van der Waals surface area contributed by atoms with Gasteiger partial charge in [0.1, 0.15) is 5.25 Å². The number of aliphatic hydroxyl groups is 1. The summed E-state index contributed by atoms with van der Waals surface area (Å²) in [5.41, 5.74) is 0.924. The number of rotatable bonds is 6. The Morgan fingerprint density at radius 2 is 2.06 bits per heavy atom. The van der Waals surface area contributed by atoms with E-state index in [1.165, 1.54) is 0 Å². The molecule has 1 aromatic carbocycles. The normalized spacial score (nSPS) is 13.9. The number of benzene rings is 1. The highest BCUT2D eigenvalue weighted by molar-refractivity contribution is 7.86. The third-order valence-corrected chi connectivity index (χ3v) is 4.28. The number of nitrogens with one attached hydrogen (secondary N) is 1. The van der Waals surface area contributed by atoms with E-state index >= 15 is 0 Å². The molecular formula is C12H16ClNO3S. The third-order valence-electron chi connectivity index (χ3n) is 2.44. The molecule has 0 aliphatic rings. The largest absolute Gasteiger partial charge is 0.395 e. The molecule has 1 rings (SSSR count). The highest BCUT2D eigenvalue weighted by atomic mass is 35.5. The molecular weight excluding hydrogens is 274 g/mol. The maximum absolute atomic E-state index is 11.7. The highest BCUT2D eigenvalue weighted by Gasteiger charge is 2.18. The van der Waals surface area contributed by atoms with Crippen molar-refractivity contribution in [3.63, 3.8) is 0 Å². The minimum atomic E-state index is -1.34. The maximum atomic E-state index is 11.7. The maximum Gasteiger partial charge on any atom is 0.235 e. The van der Waals surface area contributed by atoms with E-state index < -0.39 is 16.0 Å². The van der Waals surface area contributed by atoms with Crippen molar-refractivity contribution in [3.05, 3.63) is 34.9 Å². The van der Waals surface area contributed by atoms with Gasteiger partial charge < -0.3 is 10.4 Å². The molecule has 0 radical (unpaired) electrons. The predicted molar refractivity (Wildman–Crippen MR) is 72.9 cm³/mol. The zero-order valence-corrected chi connectivity index (χ0v) is 11.6. The molecule has 0 bridgehead atoms. The standard InChI is InChI=1S/C12H16ClNO3S/c1-9(18(17)7-6-15)12(16)14-8-10-2-4-11(13)5-3-10/h2-5,9,15H,6-8H2,1H3,(H,14,16). The minimum Gasteiger partial charge on any atom is -0.395 e. The number of amides is 1. The molecule has 0 saturated heterocycles. The van der Waals surface area contributed by atoms with Gasteiger partial charge in [0.15, 0.2) is 0 Å². The lowest BCUT2D eigenvalue weighted by Gasteiger charge is -2.11. The van der Waals surface area contributed by atoms with E-state index in [4.69, 9.17) is 16.7 Å². The number of hydrogen-bond donors (Lipinski definition) is 2. The number of carbonyl (C=O) groups is 1. The summed E-state index contributed by atoms with van der Waals surface area (Å²) in [6.45, 7) is 1.78. The first kappa shape index (κ1) is 15.1. The summed E-state index contributed by atoms with van der Waals surface area (Å²) < 4.78 is 11.5. The summed E-state index contributed by atoms with van der Waals surface area (Å²) in [6.07, 6.45) is 0. The highest BCUT2D eigenvalue weighted by Crippen LogP contribution is 2.09. The summed E-state index contributed by atoms with van der Waals surface area (Å²) in [5.74, 6) is -0.160. The second-order valence-corrected chi connectivity index (χ2v) is 6.11. The Morgan fingerprint density at radius 3 is 2.61 bits per heavy atom. The van der Waals surface area contributed by atoms with Crippen LogP contribution in [0.2, 0.25) is 5.02 Å². The molecule has 0 fully saturated rings. The van der Waals surface area contributed by atoms with Crippen LogP contribution in [0.15, 0.2) is 24.3 Å². The predicted octanol–water partition coefficient (Wildman–Crippen LogP) is 1.09. The first-order valence-electron chi connectivity index (χ1n) is 5.54. The summed E-state index contributed by atoms with van der Waals surface area (Å²) in [7, 11) is -1.34. The van der Waals surface area contributed by atoms with E-state index in [1.54, 1.807) is 19.1 Å². The lowest BCUT2D eigenvalue weighted by Crippen LogP contribution is -2.36.